The van der Waals surface area contributed by atoms with Crippen molar-refractivity contribution in [3.05, 3.63) is 67.8 Å². The van der Waals surface area contributed by atoms with E-state index in [1.54, 1.807) is 12.1 Å². The number of anilines is 2. The van der Waals surface area contributed by atoms with E-state index in [-0.39, 0.29) is 11.3 Å². The number of carbonyl (C=O) groups is 1. The van der Waals surface area contributed by atoms with Crippen molar-refractivity contribution in [3.8, 4) is 0 Å². The minimum atomic E-state index is -1.01. The van der Waals surface area contributed by atoms with Gasteiger partial charge in [-0.3, -0.25) is 25.0 Å². The van der Waals surface area contributed by atoms with Crippen LogP contribution in [0.1, 0.15) is 35.7 Å². The van der Waals surface area contributed by atoms with E-state index in [9.17, 15) is 25.0 Å². The number of hydrogen-bond donors (Lipinski definition) is 1. The van der Waals surface area contributed by atoms with Gasteiger partial charge < -0.3 is 5.32 Å². The quantitative estimate of drug-likeness (QED) is 0.449. The second kappa shape index (κ2) is 7.27. The van der Waals surface area contributed by atoms with Gasteiger partial charge in [-0.1, -0.05) is 26.0 Å². The molecular weight excluding hydrogens is 350 g/mol. The molecule has 0 saturated carbocycles. The highest BCUT2D eigenvalue weighted by Gasteiger charge is 2.28. The summed E-state index contributed by atoms with van der Waals surface area (Å²) in [5.74, 6) is 0.298. The second-order valence-corrected chi connectivity index (χ2v) is 5.92. The number of hydrogen-bond acceptors (Lipinski definition) is 6. The normalized spacial score (nSPS) is 10.6. The summed E-state index contributed by atoms with van der Waals surface area (Å²) >= 11 is 5.31. The van der Waals surface area contributed by atoms with Crippen molar-refractivity contribution in [2.24, 2.45) is 0 Å². The van der Waals surface area contributed by atoms with E-state index in [0.717, 1.165) is 17.7 Å². The lowest BCUT2D eigenvalue weighted by Crippen LogP contribution is -2.04. The fourth-order valence-electron chi connectivity index (χ4n) is 2.24. The lowest BCUT2D eigenvalue weighted by atomic mass is 10.0. The zero-order chi connectivity index (χ0) is 18.7. The van der Waals surface area contributed by atoms with Gasteiger partial charge in [0, 0.05) is 23.4 Å². The Bertz CT molecular complexity index is 814. The minimum absolute atomic E-state index is 0.298. The lowest BCUT2D eigenvalue weighted by Gasteiger charge is -2.10. The van der Waals surface area contributed by atoms with Crippen LogP contribution >= 0.6 is 11.6 Å². The molecule has 0 aromatic heterocycles. The van der Waals surface area contributed by atoms with Gasteiger partial charge >= 0.3 is 11.4 Å². The third kappa shape index (κ3) is 4.10. The molecule has 1 N–H and O–H groups in total. The Labute approximate surface area is 147 Å². The van der Waals surface area contributed by atoms with Crippen molar-refractivity contribution in [1.82, 2.24) is 0 Å². The van der Waals surface area contributed by atoms with Crippen LogP contribution in [-0.2, 0) is 0 Å². The molecule has 0 fully saturated rings. The van der Waals surface area contributed by atoms with E-state index in [4.69, 9.17) is 11.6 Å². The highest BCUT2D eigenvalue weighted by atomic mass is 35.5. The van der Waals surface area contributed by atoms with Crippen molar-refractivity contribution >= 4 is 39.6 Å². The highest BCUT2D eigenvalue weighted by Crippen LogP contribution is 2.38. The molecule has 0 unspecified atom stereocenters. The van der Waals surface area contributed by atoms with Gasteiger partial charge in [-0.2, -0.15) is 0 Å². The Kier molecular flexibility index (Phi) is 5.33. The Hall–Kier alpha value is -3.00. The van der Waals surface area contributed by atoms with Crippen molar-refractivity contribution < 1.29 is 14.6 Å². The van der Waals surface area contributed by atoms with Crippen molar-refractivity contribution in [3.63, 3.8) is 0 Å². The zero-order valence-corrected chi connectivity index (χ0v) is 14.1. The molecule has 0 heterocycles. The number of carbonyl (C=O) groups excluding carboxylic acids is 1. The maximum atomic E-state index is 11.3. The first kappa shape index (κ1) is 18.3. The first-order valence-electron chi connectivity index (χ1n) is 7.24. The fourth-order valence-corrected chi connectivity index (χ4v) is 2.35. The molecule has 0 aliphatic carbocycles. The molecule has 0 atom stereocenters. The summed E-state index contributed by atoms with van der Waals surface area (Å²) in [6.45, 7) is 4.03. The number of nitro benzene ring substituents is 2. The fraction of sp³-hybridized carbons (Fsp3) is 0.188. The maximum Gasteiger partial charge on any atom is 0.300 e. The Morgan fingerprint density at radius 3 is 1.88 bits per heavy atom. The van der Waals surface area contributed by atoms with Gasteiger partial charge in [-0.05, 0) is 35.2 Å². The summed E-state index contributed by atoms with van der Waals surface area (Å²) in [4.78, 5) is 32.2. The predicted octanol–water partition coefficient (Wildman–Crippen LogP) is 4.75. The molecule has 0 bridgehead atoms. The van der Waals surface area contributed by atoms with Crippen molar-refractivity contribution in [1.29, 1.82) is 0 Å². The molecule has 0 radical (unpaired) electrons. The summed E-state index contributed by atoms with van der Waals surface area (Å²) in [7, 11) is 0. The monoisotopic (exact) mass is 363 g/mol. The zero-order valence-electron chi connectivity index (χ0n) is 13.4. The maximum absolute atomic E-state index is 11.3. The van der Waals surface area contributed by atoms with Crippen molar-refractivity contribution in [2.45, 2.75) is 19.8 Å². The highest BCUT2D eigenvalue weighted by molar-refractivity contribution is 6.67. The minimum Gasteiger partial charge on any atom is -0.344 e. The SMILES string of the molecule is CC(C)c1ccc(Nc2c([N+](=O)[O-])cc(C(=O)Cl)cc2[N+](=O)[O-])cc1. The molecule has 0 aliphatic heterocycles. The van der Waals surface area contributed by atoms with Crippen LogP contribution in [0.15, 0.2) is 36.4 Å². The Morgan fingerprint density at radius 1 is 1.04 bits per heavy atom. The smallest absolute Gasteiger partial charge is 0.300 e. The first-order valence-corrected chi connectivity index (χ1v) is 7.62. The van der Waals surface area contributed by atoms with Gasteiger partial charge in [0.15, 0.2) is 5.69 Å². The molecule has 25 heavy (non-hydrogen) atoms. The molecule has 2 aromatic carbocycles. The molecular formula is C16H14ClN3O5. The van der Waals surface area contributed by atoms with Crippen LogP contribution in [0.4, 0.5) is 22.7 Å². The standard InChI is InChI=1S/C16H14ClN3O5/c1-9(2)10-3-5-12(6-4-10)18-15-13(19(22)23)7-11(16(17)21)8-14(15)20(24)25/h3-9,18H,1-2H3. The molecule has 0 amide bonds. The van der Waals surface area contributed by atoms with Crippen LogP contribution in [0.2, 0.25) is 0 Å². The van der Waals surface area contributed by atoms with Crippen LogP contribution in [0.5, 0.6) is 0 Å². The van der Waals surface area contributed by atoms with Gasteiger partial charge in [0.05, 0.1) is 9.85 Å². The molecule has 2 aromatic rings. The van der Waals surface area contributed by atoms with Gasteiger partial charge in [0.1, 0.15) is 0 Å². The topological polar surface area (TPSA) is 115 Å². The number of rotatable bonds is 6. The van der Waals surface area contributed by atoms with Crippen molar-refractivity contribution in [2.75, 3.05) is 5.32 Å². The average Bonchev–Trinajstić information content (AvgIpc) is 2.54. The lowest BCUT2D eigenvalue weighted by molar-refractivity contribution is -0.392. The molecule has 130 valence electrons. The molecule has 0 saturated heterocycles. The summed E-state index contributed by atoms with van der Waals surface area (Å²) in [6, 6.07) is 8.80. The van der Waals surface area contributed by atoms with E-state index in [1.807, 2.05) is 26.0 Å². The van der Waals surface area contributed by atoms with Crippen LogP contribution in [0.3, 0.4) is 0 Å². The van der Waals surface area contributed by atoms with E-state index < -0.39 is 26.5 Å². The van der Waals surface area contributed by atoms with Crippen LogP contribution in [0.25, 0.3) is 0 Å². The number of halogens is 1. The van der Waals surface area contributed by atoms with Crippen LogP contribution in [0, 0.1) is 20.2 Å². The van der Waals surface area contributed by atoms with E-state index in [2.05, 4.69) is 5.32 Å². The molecule has 9 heteroatoms. The van der Waals surface area contributed by atoms with Crippen LogP contribution < -0.4 is 5.32 Å². The largest absolute Gasteiger partial charge is 0.344 e. The van der Waals surface area contributed by atoms with Gasteiger partial charge in [0.2, 0.25) is 0 Å². The number of nitro groups is 2. The summed E-state index contributed by atoms with van der Waals surface area (Å²) < 4.78 is 0. The molecule has 8 nitrogen and oxygen atoms in total. The van der Waals surface area contributed by atoms with E-state index >= 15 is 0 Å². The summed E-state index contributed by atoms with van der Waals surface area (Å²) in [6.07, 6.45) is 0. The van der Waals surface area contributed by atoms with E-state index in [0.29, 0.717) is 11.6 Å². The molecule has 0 spiro atoms. The molecule has 2 rings (SSSR count). The summed E-state index contributed by atoms with van der Waals surface area (Å²) in [5, 5.41) is 24.3. The Balaban J connectivity index is 2.56. The average molecular weight is 364 g/mol. The third-order valence-corrected chi connectivity index (χ3v) is 3.78. The predicted molar refractivity (Wildman–Crippen MR) is 93.7 cm³/mol. The van der Waals surface area contributed by atoms with Gasteiger partial charge in [0.25, 0.3) is 5.24 Å². The van der Waals surface area contributed by atoms with E-state index in [1.165, 1.54) is 0 Å². The third-order valence-electron chi connectivity index (χ3n) is 3.56. The second-order valence-electron chi connectivity index (χ2n) is 5.58. The van der Waals surface area contributed by atoms with Gasteiger partial charge in [-0.15, -0.1) is 0 Å². The Morgan fingerprint density at radius 2 is 1.52 bits per heavy atom. The number of benzene rings is 2. The number of nitrogens with one attached hydrogen (secondary N) is 1. The summed E-state index contributed by atoms with van der Waals surface area (Å²) in [5.41, 5.74) is -0.342. The number of nitrogens with zero attached hydrogens (tertiary/aromatic N) is 2. The molecule has 0 aliphatic rings. The van der Waals surface area contributed by atoms with Crippen LogP contribution in [-0.4, -0.2) is 15.1 Å². The van der Waals surface area contributed by atoms with Gasteiger partial charge in [-0.25, -0.2) is 0 Å². The first-order chi connectivity index (χ1) is 11.7.